The van der Waals surface area contributed by atoms with Crippen LogP contribution in [0.2, 0.25) is 0 Å². The van der Waals surface area contributed by atoms with Gasteiger partial charge in [0.15, 0.2) is 0 Å². The molecule has 0 aliphatic carbocycles. The first-order chi connectivity index (χ1) is 7.58. The largest absolute Gasteiger partial charge is 0.383 e. The number of aliphatic hydroxyl groups excluding tert-OH is 1. The van der Waals surface area contributed by atoms with Gasteiger partial charge in [-0.3, -0.25) is 0 Å². The smallest absolute Gasteiger partial charge is 0.129 e. The summed E-state index contributed by atoms with van der Waals surface area (Å²) < 4.78 is 13.5. The molecule has 16 heavy (non-hydrogen) atoms. The SMILES string of the molecule is Cc1ccc(F)c(C(O)c2cnc(C)s2)c1. The number of aryl methyl sites for hydroxylation is 2. The van der Waals surface area contributed by atoms with Crippen LogP contribution >= 0.6 is 11.3 Å². The maximum Gasteiger partial charge on any atom is 0.129 e. The van der Waals surface area contributed by atoms with Gasteiger partial charge >= 0.3 is 0 Å². The summed E-state index contributed by atoms with van der Waals surface area (Å²) in [6.45, 7) is 3.72. The van der Waals surface area contributed by atoms with Crippen molar-refractivity contribution in [3.63, 3.8) is 0 Å². The van der Waals surface area contributed by atoms with Crippen LogP contribution in [0.4, 0.5) is 4.39 Å². The molecular weight excluding hydrogens is 225 g/mol. The van der Waals surface area contributed by atoms with Gasteiger partial charge in [0.2, 0.25) is 0 Å². The Kier molecular flexibility index (Phi) is 3.03. The van der Waals surface area contributed by atoms with Gasteiger partial charge in [-0.2, -0.15) is 0 Å². The van der Waals surface area contributed by atoms with Crippen LogP contribution in [-0.4, -0.2) is 10.1 Å². The summed E-state index contributed by atoms with van der Waals surface area (Å²) in [6, 6.07) is 4.72. The lowest BCUT2D eigenvalue weighted by atomic mass is 10.1. The zero-order valence-electron chi connectivity index (χ0n) is 9.07. The third-order valence-corrected chi connectivity index (χ3v) is 3.32. The minimum Gasteiger partial charge on any atom is -0.383 e. The van der Waals surface area contributed by atoms with Crippen LogP contribution in [0.1, 0.15) is 27.1 Å². The van der Waals surface area contributed by atoms with Crippen LogP contribution in [0.5, 0.6) is 0 Å². The molecule has 1 aromatic heterocycles. The Balaban J connectivity index is 2.40. The Morgan fingerprint density at radius 3 is 2.75 bits per heavy atom. The zero-order valence-corrected chi connectivity index (χ0v) is 9.88. The molecule has 1 atom stereocenters. The van der Waals surface area contributed by atoms with E-state index >= 15 is 0 Å². The topological polar surface area (TPSA) is 33.1 Å². The first-order valence-electron chi connectivity index (χ1n) is 4.94. The molecule has 1 aromatic carbocycles. The second kappa shape index (κ2) is 4.31. The normalized spacial score (nSPS) is 12.8. The molecule has 0 bridgehead atoms. The molecule has 0 saturated carbocycles. The number of aromatic nitrogens is 1. The lowest BCUT2D eigenvalue weighted by Gasteiger charge is -2.10. The van der Waals surface area contributed by atoms with Crippen molar-refractivity contribution in [3.8, 4) is 0 Å². The Bertz CT molecular complexity index is 509. The van der Waals surface area contributed by atoms with E-state index < -0.39 is 6.10 Å². The number of aliphatic hydroxyl groups is 1. The minimum atomic E-state index is -0.925. The molecule has 0 fully saturated rings. The molecular formula is C12H12FNOS. The van der Waals surface area contributed by atoms with E-state index in [-0.39, 0.29) is 5.82 Å². The molecule has 0 amide bonds. The van der Waals surface area contributed by atoms with Crippen LogP contribution < -0.4 is 0 Å². The molecule has 1 N–H and O–H groups in total. The molecule has 84 valence electrons. The number of hydrogen-bond donors (Lipinski definition) is 1. The molecule has 2 nitrogen and oxygen atoms in total. The number of benzene rings is 1. The van der Waals surface area contributed by atoms with E-state index in [1.165, 1.54) is 17.4 Å². The third-order valence-electron chi connectivity index (χ3n) is 2.35. The van der Waals surface area contributed by atoms with E-state index in [0.29, 0.717) is 10.4 Å². The lowest BCUT2D eigenvalue weighted by molar-refractivity contribution is 0.218. The van der Waals surface area contributed by atoms with Crippen molar-refractivity contribution in [2.24, 2.45) is 0 Å². The van der Waals surface area contributed by atoms with Gasteiger partial charge in [-0.15, -0.1) is 11.3 Å². The van der Waals surface area contributed by atoms with E-state index in [0.717, 1.165) is 10.6 Å². The van der Waals surface area contributed by atoms with Crippen molar-refractivity contribution in [2.75, 3.05) is 0 Å². The fraction of sp³-hybridized carbons (Fsp3) is 0.250. The number of rotatable bonds is 2. The summed E-state index contributed by atoms with van der Waals surface area (Å²) in [5.74, 6) is -0.385. The average molecular weight is 237 g/mol. The van der Waals surface area contributed by atoms with Gasteiger partial charge in [0.05, 0.1) is 9.88 Å². The van der Waals surface area contributed by atoms with Gasteiger partial charge in [0, 0.05) is 11.8 Å². The highest BCUT2D eigenvalue weighted by molar-refractivity contribution is 7.11. The van der Waals surface area contributed by atoms with Gasteiger partial charge in [-0.25, -0.2) is 9.37 Å². The number of hydrogen-bond acceptors (Lipinski definition) is 3. The summed E-state index contributed by atoms with van der Waals surface area (Å²) in [4.78, 5) is 4.72. The molecule has 0 radical (unpaired) electrons. The molecule has 0 aliphatic heterocycles. The van der Waals surface area contributed by atoms with Crippen LogP contribution in [0.25, 0.3) is 0 Å². The number of thiazole rings is 1. The summed E-state index contributed by atoms with van der Waals surface area (Å²) in [6.07, 6.45) is 0.665. The van der Waals surface area contributed by atoms with Crippen LogP contribution in [0.3, 0.4) is 0 Å². The van der Waals surface area contributed by atoms with Gasteiger partial charge in [0.25, 0.3) is 0 Å². The fourth-order valence-corrected chi connectivity index (χ4v) is 2.32. The molecule has 4 heteroatoms. The van der Waals surface area contributed by atoms with Gasteiger partial charge < -0.3 is 5.11 Å². The van der Waals surface area contributed by atoms with Crippen LogP contribution in [0.15, 0.2) is 24.4 Å². The van der Waals surface area contributed by atoms with Crippen molar-refractivity contribution in [1.29, 1.82) is 0 Å². The van der Waals surface area contributed by atoms with E-state index in [1.54, 1.807) is 18.3 Å². The first-order valence-corrected chi connectivity index (χ1v) is 5.76. The first kappa shape index (κ1) is 11.2. The maximum absolute atomic E-state index is 13.5. The van der Waals surface area contributed by atoms with Gasteiger partial charge in [-0.1, -0.05) is 17.7 Å². The number of halogens is 1. The second-order valence-corrected chi connectivity index (χ2v) is 4.98. The molecule has 0 aliphatic rings. The molecule has 0 spiro atoms. The predicted molar refractivity (Wildman–Crippen MR) is 62.0 cm³/mol. The Morgan fingerprint density at radius 1 is 1.38 bits per heavy atom. The summed E-state index contributed by atoms with van der Waals surface area (Å²) >= 11 is 1.38. The fourth-order valence-electron chi connectivity index (χ4n) is 1.53. The zero-order chi connectivity index (χ0) is 11.7. The summed E-state index contributed by atoms with van der Waals surface area (Å²) in [5.41, 5.74) is 1.24. The number of nitrogens with zero attached hydrogens (tertiary/aromatic N) is 1. The standard InChI is InChI=1S/C12H12FNOS/c1-7-3-4-10(13)9(5-7)12(15)11-6-14-8(2)16-11/h3-6,12,15H,1-2H3. The van der Waals surface area contributed by atoms with Crippen molar-refractivity contribution >= 4 is 11.3 Å². The maximum atomic E-state index is 13.5. The highest BCUT2D eigenvalue weighted by Crippen LogP contribution is 2.28. The van der Waals surface area contributed by atoms with Crippen molar-refractivity contribution < 1.29 is 9.50 Å². The van der Waals surface area contributed by atoms with Crippen molar-refractivity contribution in [1.82, 2.24) is 4.98 Å². The monoisotopic (exact) mass is 237 g/mol. The molecule has 2 rings (SSSR count). The van der Waals surface area contributed by atoms with E-state index in [1.807, 2.05) is 13.8 Å². The molecule has 2 aromatic rings. The minimum absolute atomic E-state index is 0.309. The van der Waals surface area contributed by atoms with Crippen LogP contribution in [-0.2, 0) is 0 Å². The molecule has 0 saturated heterocycles. The Labute approximate surface area is 97.4 Å². The quantitative estimate of drug-likeness (QED) is 0.871. The summed E-state index contributed by atoms with van der Waals surface area (Å²) in [5, 5.41) is 10.9. The van der Waals surface area contributed by atoms with E-state index in [4.69, 9.17) is 0 Å². The second-order valence-electron chi connectivity index (χ2n) is 3.71. The lowest BCUT2D eigenvalue weighted by Crippen LogP contribution is -2.01. The molecule has 1 unspecified atom stereocenters. The van der Waals surface area contributed by atoms with Gasteiger partial charge in [-0.05, 0) is 19.9 Å². The third kappa shape index (κ3) is 2.13. The highest BCUT2D eigenvalue weighted by atomic mass is 32.1. The Morgan fingerprint density at radius 2 is 2.12 bits per heavy atom. The van der Waals surface area contributed by atoms with Crippen molar-refractivity contribution in [3.05, 3.63) is 51.2 Å². The average Bonchev–Trinajstić information content (AvgIpc) is 2.67. The Hall–Kier alpha value is -1.26. The van der Waals surface area contributed by atoms with E-state index in [9.17, 15) is 9.50 Å². The van der Waals surface area contributed by atoms with E-state index in [2.05, 4.69) is 4.98 Å². The predicted octanol–water partition coefficient (Wildman–Crippen LogP) is 2.98. The van der Waals surface area contributed by atoms with Crippen LogP contribution in [0, 0.1) is 19.7 Å². The van der Waals surface area contributed by atoms with Gasteiger partial charge in [0.1, 0.15) is 11.9 Å². The molecule has 1 heterocycles. The van der Waals surface area contributed by atoms with Crippen molar-refractivity contribution in [2.45, 2.75) is 20.0 Å². The highest BCUT2D eigenvalue weighted by Gasteiger charge is 2.17. The summed E-state index contributed by atoms with van der Waals surface area (Å²) in [7, 11) is 0.